The van der Waals surface area contributed by atoms with E-state index in [9.17, 15) is 4.79 Å². The molecule has 0 heterocycles. The maximum absolute atomic E-state index is 11.6. The fourth-order valence-electron chi connectivity index (χ4n) is 2.09. The fraction of sp³-hybridized carbons (Fsp3) is 0.611. The summed E-state index contributed by atoms with van der Waals surface area (Å²) in [5, 5.41) is 6.27. The standard InChI is InChI=1S/C18H30N2O2/c1-15(20-17(21)22-18(2,3)4)12-14-19-13-8-11-16-9-6-5-7-10-16/h5-7,9-10,15,19H,8,11-14H2,1-4H3,(H,20,21). The van der Waals surface area contributed by atoms with Crippen LogP contribution >= 0.6 is 0 Å². The molecule has 124 valence electrons. The molecule has 4 heteroatoms. The van der Waals surface area contributed by atoms with Gasteiger partial charge in [-0.15, -0.1) is 0 Å². The minimum atomic E-state index is -0.445. The first kappa shape index (κ1) is 18.5. The molecule has 0 aliphatic carbocycles. The molecule has 1 atom stereocenters. The zero-order valence-corrected chi connectivity index (χ0v) is 14.3. The lowest BCUT2D eigenvalue weighted by Crippen LogP contribution is -2.39. The number of aryl methyl sites for hydroxylation is 1. The highest BCUT2D eigenvalue weighted by Gasteiger charge is 2.17. The number of amides is 1. The zero-order valence-electron chi connectivity index (χ0n) is 14.3. The van der Waals surface area contributed by atoms with Crippen molar-refractivity contribution in [3.05, 3.63) is 35.9 Å². The predicted molar refractivity (Wildman–Crippen MR) is 91.1 cm³/mol. The van der Waals surface area contributed by atoms with Crippen molar-refractivity contribution >= 4 is 6.09 Å². The van der Waals surface area contributed by atoms with Gasteiger partial charge >= 0.3 is 6.09 Å². The summed E-state index contributed by atoms with van der Waals surface area (Å²) in [6, 6.07) is 10.6. The molecule has 0 saturated heterocycles. The van der Waals surface area contributed by atoms with Crippen LogP contribution in [0.1, 0.15) is 46.1 Å². The van der Waals surface area contributed by atoms with Crippen LogP contribution < -0.4 is 10.6 Å². The van der Waals surface area contributed by atoms with Crippen LogP contribution in [0.25, 0.3) is 0 Å². The summed E-state index contributed by atoms with van der Waals surface area (Å²) in [7, 11) is 0. The van der Waals surface area contributed by atoms with Gasteiger partial charge in [0.05, 0.1) is 0 Å². The van der Waals surface area contributed by atoms with E-state index in [-0.39, 0.29) is 12.1 Å². The van der Waals surface area contributed by atoms with E-state index in [0.717, 1.165) is 32.4 Å². The molecule has 0 aliphatic rings. The smallest absolute Gasteiger partial charge is 0.407 e. The van der Waals surface area contributed by atoms with Crippen molar-refractivity contribution in [3.8, 4) is 0 Å². The van der Waals surface area contributed by atoms with Crippen LogP contribution in [-0.4, -0.2) is 30.8 Å². The second-order valence-corrected chi connectivity index (χ2v) is 6.68. The minimum absolute atomic E-state index is 0.108. The zero-order chi connectivity index (χ0) is 16.4. The van der Waals surface area contributed by atoms with E-state index >= 15 is 0 Å². The largest absolute Gasteiger partial charge is 0.444 e. The van der Waals surface area contributed by atoms with Crippen molar-refractivity contribution < 1.29 is 9.53 Å². The van der Waals surface area contributed by atoms with Crippen LogP contribution in [0.5, 0.6) is 0 Å². The lowest BCUT2D eigenvalue weighted by Gasteiger charge is -2.22. The summed E-state index contributed by atoms with van der Waals surface area (Å²) >= 11 is 0. The molecule has 0 fully saturated rings. The molecule has 22 heavy (non-hydrogen) atoms. The maximum Gasteiger partial charge on any atom is 0.407 e. The highest BCUT2D eigenvalue weighted by molar-refractivity contribution is 5.67. The number of carbonyl (C=O) groups excluding carboxylic acids is 1. The van der Waals surface area contributed by atoms with Crippen LogP contribution in [0.15, 0.2) is 30.3 Å². The van der Waals surface area contributed by atoms with E-state index < -0.39 is 5.60 Å². The average molecular weight is 306 g/mol. The Bertz CT molecular complexity index is 426. The first-order chi connectivity index (χ1) is 10.4. The maximum atomic E-state index is 11.6. The molecule has 0 aliphatic heterocycles. The highest BCUT2D eigenvalue weighted by Crippen LogP contribution is 2.07. The molecular formula is C18H30N2O2. The Morgan fingerprint density at radius 3 is 2.50 bits per heavy atom. The van der Waals surface area contributed by atoms with Gasteiger partial charge in [-0.25, -0.2) is 4.79 Å². The predicted octanol–water partition coefficient (Wildman–Crippen LogP) is 3.51. The van der Waals surface area contributed by atoms with Gasteiger partial charge in [-0.2, -0.15) is 0 Å². The highest BCUT2D eigenvalue weighted by atomic mass is 16.6. The molecule has 0 spiro atoms. The van der Waals surface area contributed by atoms with Gasteiger partial charge in [0.1, 0.15) is 5.60 Å². The molecule has 0 radical (unpaired) electrons. The van der Waals surface area contributed by atoms with E-state index in [1.807, 2.05) is 33.8 Å². The molecule has 2 N–H and O–H groups in total. The normalized spacial score (nSPS) is 12.7. The summed E-state index contributed by atoms with van der Waals surface area (Å²) in [6.45, 7) is 9.48. The summed E-state index contributed by atoms with van der Waals surface area (Å²) in [5.74, 6) is 0. The third-order valence-electron chi connectivity index (χ3n) is 3.18. The van der Waals surface area contributed by atoms with Gasteiger partial charge in [0.25, 0.3) is 0 Å². The molecule has 0 saturated carbocycles. The quantitative estimate of drug-likeness (QED) is 0.723. The first-order valence-electron chi connectivity index (χ1n) is 8.11. The topological polar surface area (TPSA) is 50.4 Å². The molecule has 1 rings (SSSR count). The van der Waals surface area contributed by atoms with Crippen molar-refractivity contribution in [1.82, 2.24) is 10.6 Å². The Morgan fingerprint density at radius 2 is 1.86 bits per heavy atom. The Kier molecular flexibility index (Phi) is 7.96. The van der Waals surface area contributed by atoms with Crippen molar-refractivity contribution in [3.63, 3.8) is 0 Å². The Morgan fingerprint density at radius 1 is 1.18 bits per heavy atom. The van der Waals surface area contributed by atoms with Gasteiger partial charge in [0, 0.05) is 6.04 Å². The number of carbonyl (C=O) groups is 1. The van der Waals surface area contributed by atoms with Crippen LogP contribution in [-0.2, 0) is 11.2 Å². The van der Waals surface area contributed by atoms with Crippen molar-refractivity contribution in [2.75, 3.05) is 13.1 Å². The molecule has 0 bridgehead atoms. The molecule has 4 nitrogen and oxygen atoms in total. The Balaban J connectivity index is 2.03. The van der Waals surface area contributed by atoms with Crippen LogP contribution in [0.4, 0.5) is 4.79 Å². The Labute approximate surface area is 134 Å². The summed E-state index contributed by atoms with van der Waals surface area (Å²) in [5.41, 5.74) is 0.934. The molecular weight excluding hydrogens is 276 g/mol. The average Bonchev–Trinajstić information content (AvgIpc) is 2.41. The minimum Gasteiger partial charge on any atom is -0.444 e. The van der Waals surface area contributed by atoms with Crippen molar-refractivity contribution in [2.24, 2.45) is 0 Å². The third-order valence-corrected chi connectivity index (χ3v) is 3.18. The van der Waals surface area contributed by atoms with Gasteiger partial charge in [-0.05, 0) is 65.6 Å². The van der Waals surface area contributed by atoms with Crippen molar-refractivity contribution in [2.45, 2.75) is 58.6 Å². The lowest BCUT2D eigenvalue weighted by atomic mass is 10.1. The van der Waals surface area contributed by atoms with Gasteiger partial charge in [-0.3, -0.25) is 0 Å². The molecule has 1 amide bonds. The summed E-state index contributed by atoms with van der Waals surface area (Å²) in [4.78, 5) is 11.6. The van der Waals surface area contributed by atoms with Crippen molar-refractivity contribution in [1.29, 1.82) is 0 Å². The number of alkyl carbamates (subject to hydrolysis) is 1. The number of hydrogen-bond acceptors (Lipinski definition) is 3. The van der Waals surface area contributed by atoms with Gasteiger partial charge in [0.15, 0.2) is 0 Å². The number of ether oxygens (including phenoxy) is 1. The first-order valence-corrected chi connectivity index (χ1v) is 8.11. The van der Waals surface area contributed by atoms with Crippen LogP contribution in [0, 0.1) is 0 Å². The number of nitrogens with one attached hydrogen (secondary N) is 2. The van der Waals surface area contributed by atoms with Gasteiger partial charge < -0.3 is 15.4 Å². The Hall–Kier alpha value is -1.55. The number of hydrogen-bond donors (Lipinski definition) is 2. The lowest BCUT2D eigenvalue weighted by molar-refractivity contribution is 0.0506. The summed E-state index contributed by atoms with van der Waals surface area (Å²) in [6.07, 6.45) is 2.77. The van der Waals surface area contributed by atoms with E-state index in [4.69, 9.17) is 4.74 Å². The monoisotopic (exact) mass is 306 g/mol. The summed E-state index contributed by atoms with van der Waals surface area (Å²) < 4.78 is 5.23. The second kappa shape index (κ2) is 9.46. The number of benzene rings is 1. The van der Waals surface area contributed by atoms with E-state index in [0.29, 0.717) is 0 Å². The molecule has 1 aromatic rings. The van der Waals surface area contributed by atoms with E-state index in [1.165, 1.54) is 5.56 Å². The third kappa shape index (κ3) is 9.40. The second-order valence-electron chi connectivity index (χ2n) is 6.68. The SMILES string of the molecule is CC(CCNCCCc1ccccc1)NC(=O)OC(C)(C)C. The van der Waals surface area contributed by atoms with E-state index in [1.54, 1.807) is 0 Å². The molecule has 1 unspecified atom stereocenters. The number of rotatable bonds is 8. The van der Waals surface area contributed by atoms with Crippen LogP contribution in [0.2, 0.25) is 0 Å². The fourth-order valence-corrected chi connectivity index (χ4v) is 2.09. The molecule has 1 aromatic carbocycles. The van der Waals surface area contributed by atoms with E-state index in [2.05, 4.69) is 34.9 Å². The van der Waals surface area contributed by atoms with Gasteiger partial charge in [0.2, 0.25) is 0 Å². The molecule has 0 aromatic heterocycles. The van der Waals surface area contributed by atoms with Gasteiger partial charge in [-0.1, -0.05) is 30.3 Å². The van der Waals surface area contributed by atoms with Crippen LogP contribution in [0.3, 0.4) is 0 Å².